The summed E-state index contributed by atoms with van der Waals surface area (Å²) in [6.45, 7) is 8.67. The summed E-state index contributed by atoms with van der Waals surface area (Å²) in [7, 11) is 0. The predicted molar refractivity (Wildman–Crippen MR) is 104 cm³/mol. The Morgan fingerprint density at radius 1 is 1.31 bits per heavy atom. The van der Waals surface area contributed by atoms with Gasteiger partial charge in [-0.05, 0) is 49.8 Å². The van der Waals surface area contributed by atoms with Crippen LogP contribution in [0.15, 0.2) is 30.6 Å². The lowest BCUT2D eigenvalue weighted by Gasteiger charge is -2.34. The van der Waals surface area contributed by atoms with Gasteiger partial charge in [0.05, 0.1) is 6.04 Å². The molecule has 1 aliphatic rings. The number of imidazole rings is 1. The third kappa shape index (κ3) is 4.09. The van der Waals surface area contributed by atoms with Gasteiger partial charge in [0.1, 0.15) is 5.82 Å². The van der Waals surface area contributed by atoms with Crippen LogP contribution < -0.4 is 5.32 Å². The molecule has 1 saturated heterocycles. The van der Waals surface area contributed by atoms with Gasteiger partial charge in [0.15, 0.2) is 0 Å². The molecule has 0 saturated carbocycles. The summed E-state index contributed by atoms with van der Waals surface area (Å²) in [4.78, 5) is 19.0. The van der Waals surface area contributed by atoms with Crippen LogP contribution in [-0.2, 0) is 12.8 Å². The molecule has 2 amide bonds. The number of piperidine rings is 1. The summed E-state index contributed by atoms with van der Waals surface area (Å²) in [5, 5.41) is 3.11. The summed E-state index contributed by atoms with van der Waals surface area (Å²) in [5.41, 5.74) is 3.93. The smallest absolute Gasteiger partial charge is 0.317 e. The minimum atomic E-state index is 0.0547. The fourth-order valence-electron chi connectivity index (χ4n) is 3.97. The van der Waals surface area contributed by atoms with Gasteiger partial charge in [-0.15, -0.1) is 0 Å². The second-order valence-corrected chi connectivity index (χ2v) is 7.20. The molecular formula is C21H30N4O. The number of carbonyl (C=O) groups excluding carboxylic acids is 1. The molecule has 1 fully saturated rings. The summed E-state index contributed by atoms with van der Waals surface area (Å²) >= 11 is 0. The standard InChI is InChI=1S/C21H30N4O/c1-4-20-22-12-14-25(20)18-9-6-13-24(15-18)21(26)23-11-10-19-16(2)7-5-8-17(19)3/h5,7-8,12,14,18H,4,6,9-11,13,15H2,1-3H3,(H,23,26). The molecule has 26 heavy (non-hydrogen) atoms. The van der Waals surface area contributed by atoms with E-state index in [9.17, 15) is 4.79 Å². The molecule has 0 radical (unpaired) electrons. The number of benzene rings is 1. The highest BCUT2D eigenvalue weighted by Gasteiger charge is 2.25. The van der Waals surface area contributed by atoms with Crippen LogP contribution in [0.3, 0.4) is 0 Å². The Kier molecular flexibility index (Phi) is 5.96. The van der Waals surface area contributed by atoms with Crippen LogP contribution in [-0.4, -0.2) is 40.1 Å². The van der Waals surface area contributed by atoms with E-state index in [-0.39, 0.29) is 6.03 Å². The van der Waals surface area contributed by atoms with E-state index in [0.29, 0.717) is 12.6 Å². The molecule has 5 heteroatoms. The minimum absolute atomic E-state index is 0.0547. The van der Waals surface area contributed by atoms with Crippen molar-refractivity contribution in [2.45, 2.75) is 52.5 Å². The van der Waals surface area contributed by atoms with Crippen molar-refractivity contribution in [2.75, 3.05) is 19.6 Å². The molecule has 1 aromatic heterocycles. The topological polar surface area (TPSA) is 50.2 Å². The van der Waals surface area contributed by atoms with Crippen LogP contribution in [0.5, 0.6) is 0 Å². The van der Waals surface area contributed by atoms with Crippen molar-refractivity contribution in [2.24, 2.45) is 0 Å². The molecule has 1 atom stereocenters. The van der Waals surface area contributed by atoms with E-state index in [2.05, 4.69) is 53.8 Å². The maximum atomic E-state index is 12.6. The van der Waals surface area contributed by atoms with E-state index in [1.54, 1.807) is 0 Å². The third-order valence-electron chi connectivity index (χ3n) is 5.44. The number of nitrogens with one attached hydrogen (secondary N) is 1. The maximum Gasteiger partial charge on any atom is 0.317 e. The fraction of sp³-hybridized carbons (Fsp3) is 0.524. The van der Waals surface area contributed by atoms with Crippen LogP contribution in [0.2, 0.25) is 0 Å². The molecule has 0 bridgehead atoms. The van der Waals surface area contributed by atoms with Crippen LogP contribution in [0.25, 0.3) is 0 Å². The quantitative estimate of drug-likeness (QED) is 0.891. The number of urea groups is 1. The maximum absolute atomic E-state index is 12.6. The second-order valence-electron chi connectivity index (χ2n) is 7.20. The molecule has 0 spiro atoms. The highest BCUT2D eigenvalue weighted by molar-refractivity contribution is 5.74. The Morgan fingerprint density at radius 3 is 2.81 bits per heavy atom. The fourth-order valence-corrected chi connectivity index (χ4v) is 3.97. The van der Waals surface area contributed by atoms with Gasteiger partial charge in [0.2, 0.25) is 0 Å². The van der Waals surface area contributed by atoms with Crippen molar-refractivity contribution < 1.29 is 4.79 Å². The van der Waals surface area contributed by atoms with Crippen LogP contribution in [0.1, 0.15) is 48.3 Å². The summed E-state index contributed by atoms with van der Waals surface area (Å²) in [5.74, 6) is 1.10. The van der Waals surface area contributed by atoms with E-state index >= 15 is 0 Å². The number of aromatic nitrogens is 2. The molecule has 1 aliphatic heterocycles. The Hall–Kier alpha value is -2.30. The summed E-state index contributed by atoms with van der Waals surface area (Å²) in [6, 6.07) is 6.75. The van der Waals surface area contributed by atoms with Gasteiger partial charge in [-0.2, -0.15) is 0 Å². The Labute approximate surface area is 156 Å². The lowest BCUT2D eigenvalue weighted by Crippen LogP contribution is -2.46. The number of aryl methyl sites for hydroxylation is 3. The Balaban J connectivity index is 1.55. The first kappa shape index (κ1) is 18.5. The first-order chi connectivity index (χ1) is 12.6. The Morgan fingerprint density at radius 2 is 2.08 bits per heavy atom. The number of hydrogen-bond acceptors (Lipinski definition) is 2. The largest absolute Gasteiger partial charge is 0.338 e. The molecule has 1 aromatic carbocycles. The average Bonchev–Trinajstić information content (AvgIpc) is 3.13. The molecule has 3 rings (SSSR count). The lowest BCUT2D eigenvalue weighted by molar-refractivity contribution is 0.166. The average molecular weight is 354 g/mol. The van der Waals surface area contributed by atoms with Gasteiger partial charge in [-0.1, -0.05) is 25.1 Å². The number of hydrogen-bond donors (Lipinski definition) is 1. The van der Waals surface area contributed by atoms with E-state index in [1.165, 1.54) is 16.7 Å². The number of nitrogens with zero attached hydrogens (tertiary/aromatic N) is 3. The number of likely N-dealkylation sites (tertiary alicyclic amines) is 1. The van der Waals surface area contributed by atoms with E-state index in [4.69, 9.17) is 0 Å². The van der Waals surface area contributed by atoms with Gasteiger partial charge in [-0.3, -0.25) is 0 Å². The summed E-state index contributed by atoms with van der Waals surface area (Å²) < 4.78 is 2.25. The Bertz CT molecular complexity index is 732. The van der Waals surface area contributed by atoms with E-state index < -0.39 is 0 Å². The normalized spacial score (nSPS) is 17.3. The molecule has 2 aromatic rings. The second kappa shape index (κ2) is 8.39. The zero-order valence-electron chi connectivity index (χ0n) is 16.2. The molecule has 0 aliphatic carbocycles. The molecule has 1 N–H and O–H groups in total. The van der Waals surface area contributed by atoms with Crippen molar-refractivity contribution >= 4 is 6.03 Å². The SMILES string of the molecule is CCc1nccn1C1CCCN(C(=O)NCCc2c(C)cccc2C)C1. The molecule has 2 heterocycles. The van der Waals surface area contributed by atoms with Crippen molar-refractivity contribution in [3.63, 3.8) is 0 Å². The highest BCUT2D eigenvalue weighted by Crippen LogP contribution is 2.23. The van der Waals surface area contributed by atoms with Crippen molar-refractivity contribution in [1.82, 2.24) is 19.8 Å². The minimum Gasteiger partial charge on any atom is -0.338 e. The van der Waals surface area contributed by atoms with E-state index in [1.807, 2.05) is 17.3 Å². The zero-order valence-corrected chi connectivity index (χ0v) is 16.2. The monoisotopic (exact) mass is 354 g/mol. The van der Waals surface area contributed by atoms with Crippen LogP contribution in [0.4, 0.5) is 4.79 Å². The first-order valence-corrected chi connectivity index (χ1v) is 9.69. The highest BCUT2D eigenvalue weighted by atomic mass is 16.2. The van der Waals surface area contributed by atoms with Gasteiger partial charge in [0, 0.05) is 38.4 Å². The molecule has 140 valence electrons. The third-order valence-corrected chi connectivity index (χ3v) is 5.44. The predicted octanol–water partition coefficient (Wildman–Crippen LogP) is 3.65. The number of carbonyl (C=O) groups is 1. The molecule has 1 unspecified atom stereocenters. The summed E-state index contributed by atoms with van der Waals surface area (Å²) in [6.07, 6.45) is 7.86. The van der Waals surface area contributed by atoms with Gasteiger partial charge in [-0.25, -0.2) is 9.78 Å². The van der Waals surface area contributed by atoms with Crippen molar-refractivity contribution in [3.05, 3.63) is 53.1 Å². The molecular weight excluding hydrogens is 324 g/mol. The first-order valence-electron chi connectivity index (χ1n) is 9.69. The lowest BCUT2D eigenvalue weighted by atomic mass is 10.0. The van der Waals surface area contributed by atoms with Gasteiger partial charge < -0.3 is 14.8 Å². The number of rotatable bonds is 5. The number of amides is 2. The van der Waals surface area contributed by atoms with E-state index in [0.717, 1.165) is 44.6 Å². The zero-order chi connectivity index (χ0) is 18.5. The van der Waals surface area contributed by atoms with Gasteiger partial charge in [0.25, 0.3) is 0 Å². The van der Waals surface area contributed by atoms with Crippen LogP contribution >= 0.6 is 0 Å². The van der Waals surface area contributed by atoms with Gasteiger partial charge >= 0.3 is 6.03 Å². The van der Waals surface area contributed by atoms with Crippen molar-refractivity contribution in [1.29, 1.82) is 0 Å². The van der Waals surface area contributed by atoms with Crippen LogP contribution in [0, 0.1) is 13.8 Å². The van der Waals surface area contributed by atoms with Crippen molar-refractivity contribution in [3.8, 4) is 0 Å². The molecule has 5 nitrogen and oxygen atoms in total.